The molecule has 8 nitrogen and oxygen atoms in total. The van der Waals surface area contributed by atoms with Gasteiger partial charge in [0.05, 0.1) is 11.7 Å². The van der Waals surface area contributed by atoms with Crippen molar-refractivity contribution >= 4 is 6.03 Å². The van der Waals surface area contributed by atoms with Crippen LogP contribution in [0, 0.1) is 0 Å². The van der Waals surface area contributed by atoms with Crippen molar-refractivity contribution in [1.29, 1.82) is 0 Å². The lowest BCUT2D eigenvalue weighted by Crippen LogP contribution is -2.55. The van der Waals surface area contributed by atoms with E-state index in [1.165, 1.54) is 6.33 Å². The van der Waals surface area contributed by atoms with Gasteiger partial charge in [-0.05, 0) is 37.5 Å². The quantitative estimate of drug-likeness (QED) is 0.871. The van der Waals surface area contributed by atoms with Crippen molar-refractivity contribution in [3.63, 3.8) is 0 Å². The van der Waals surface area contributed by atoms with E-state index in [1.807, 2.05) is 36.1 Å². The molecule has 3 heterocycles. The Morgan fingerprint density at radius 3 is 2.50 bits per heavy atom. The molecule has 0 bridgehead atoms. The molecule has 1 N–H and O–H groups in total. The van der Waals surface area contributed by atoms with Crippen molar-refractivity contribution in [2.45, 2.75) is 31.8 Å². The SMILES string of the molecule is CC(NC(=O)N1CCN(C2CCOCC2)CC1)c1ccc(-n2cncn2)cc1. The number of ether oxygens (including phenoxy) is 1. The minimum atomic E-state index is -0.0502. The van der Waals surface area contributed by atoms with E-state index in [4.69, 9.17) is 4.74 Å². The summed E-state index contributed by atoms with van der Waals surface area (Å²) < 4.78 is 7.17. The molecule has 2 fully saturated rings. The van der Waals surface area contributed by atoms with E-state index in [1.54, 1.807) is 11.0 Å². The zero-order valence-electron chi connectivity index (χ0n) is 16.3. The topological polar surface area (TPSA) is 75.5 Å². The highest BCUT2D eigenvalue weighted by molar-refractivity contribution is 5.74. The summed E-state index contributed by atoms with van der Waals surface area (Å²) in [7, 11) is 0. The van der Waals surface area contributed by atoms with Gasteiger partial charge < -0.3 is 15.0 Å². The second-order valence-corrected chi connectivity index (χ2v) is 7.47. The van der Waals surface area contributed by atoms with E-state index >= 15 is 0 Å². The van der Waals surface area contributed by atoms with Crippen molar-refractivity contribution in [3.05, 3.63) is 42.5 Å². The van der Waals surface area contributed by atoms with E-state index in [9.17, 15) is 4.79 Å². The predicted molar refractivity (Wildman–Crippen MR) is 105 cm³/mol. The minimum Gasteiger partial charge on any atom is -0.381 e. The monoisotopic (exact) mass is 384 g/mol. The number of nitrogens with one attached hydrogen (secondary N) is 1. The van der Waals surface area contributed by atoms with Crippen LogP contribution in [0.25, 0.3) is 5.69 Å². The number of carbonyl (C=O) groups is 1. The Bertz CT molecular complexity index is 750. The van der Waals surface area contributed by atoms with Gasteiger partial charge in [-0.1, -0.05) is 12.1 Å². The Morgan fingerprint density at radius 2 is 1.86 bits per heavy atom. The summed E-state index contributed by atoms with van der Waals surface area (Å²) in [6.07, 6.45) is 5.39. The number of carbonyl (C=O) groups excluding carboxylic acids is 1. The van der Waals surface area contributed by atoms with Gasteiger partial charge in [-0.15, -0.1) is 0 Å². The van der Waals surface area contributed by atoms with Crippen LogP contribution in [-0.2, 0) is 4.74 Å². The van der Waals surface area contributed by atoms with Crippen LogP contribution >= 0.6 is 0 Å². The molecule has 8 heteroatoms. The lowest BCUT2D eigenvalue weighted by Gasteiger charge is -2.40. The summed E-state index contributed by atoms with van der Waals surface area (Å²) in [6.45, 7) is 7.18. The van der Waals surface area contributed by atoms with Gasteiger partial charge in [0.25, 0.3) is 0 Å². The number of hydrogen-bond acceptors (Lipinski definition) is 5. The van der Waals surface area contributed by atoms with E-state index in [2.05, 4.69) is 20.3 Å². The van der Waals surface area contributed by atoms with Gasteiger partial charge in [-0.3, -0.25) is 4.90 Å². The molecule has 2 aliphatic heterocycles. The summed E-state index contributed by atoms with van der Waals surface area (Å²) in [5, 5.41) is 7.26. The van der Waals surface area contributed by atoms with Crippen molar-refractivity contribution < 1.29 is 9.53 Å². The summed E-state index contributed by atoms with van der Waals surface area (Å²) in [5.74, 6) is 0. The number of aromatic nitrogens is 3. The molecule has 1 unspecified atom stereocenters. The Morgan fingerprint density at radius 1 is 1.14 bits per heavy atom. The summed E-state index contributed by atoms with van der Waals surface area (Å²) in [6, 6.07) is 8.58. The number of rotatable bonds is 4. The van der Waals surface area contributed by atoms with Crippen molar-refractivity contribution in [1.82, 2.24) is 29.9 Å². The Hall–Kier alpha value is -2.45. The fourth-order valence-electron chi connectivity index (χ4n) is 3.96. The molecule has 0 spiro atoms. The Labute approximate surface area is 165 Å². The van der Waals surface area contributed by atoms with Gasteiger partial charge in [0.15, 0.2) is 0 Å². The van der Waals surface area contributed by atoms with Gasteiger partial charge in [0.2, 0.25) is 0 Å². The fraction of sp³-hybridized carbons (Fsp3) is 0.550. The van der Waals surface area contributed by atoms with Gasteiger partial charge in [0, 0.05) is 45.4 Å². The largest absolute Gasteiger partial charge is 0.381 e. The molecule has 2 aliphatic rings. The smallest absolute Gasteiger partial charge is 0.317 e. The standard InChI is InChI=1S/C20H28N6O2/c1-16(17-2-4-19(5-3-17)26-15-21-14-22-26)23-20(27)25-10-8-24(9-11-25)18-6-12-28-13-7-18/h2-5,14-16,18H,6-13H2,1H3,(H,23,27). The summed E-state index contributed by atoms with van der Waals surface area (Å²) in [4.78, 5) is 21.1. The van der Waals surface area contributed by atoms with Gasteiger partial charge in [-0.2, -0.15) is 5.10 Å². The van der Waals surface area contributed by atoms with Crippen LogP contribution in [-0.4, -0.2) is 76.0 Å². The maximum atomic E-state index is 12.7. The highest BCUT2D eigenvalue weighted by atomic mass is 16.5. The highest BCUT2D eigenvalue weighted by Gasteiger charge is 2.27. The molecule has 2 saturated heterocycles. The maximum absolute atomic E-state index is 12.7. The molecular formula is C20H28N6O2. The molecule has 0 radical (unpaired) electrons. The first-order valence-corrected chi connectivity index (χ1v) is 10.0. The summed E-state index contributed by atoms with van der Waals surface area (Å²) in [5.41, 5.74) is 2.02. The Balaban J connectivity index is 1.27. The number of piperazine rings is 1. The first kappa shape index (κ1) is 18.9. The van der Waals surface area contributed by atoms with Gasteiger partial charge in [-0.25, -0.2) is 14.5 Å². The third-order valence-corrected chi connectivity index (χ3v) is 5.73. The van der Waals surface area contributed by atoms with Crippen molar-refractivity contribution in [2.24, 2.45) is 0 Å². The number of amides is 2. The van der Waals surface area contributed by atoms with E-state index in [0.717, 1.165) is 63.5 Å². The molecule has 1 atom stereocenters. The van der Waals surface area contributed by atoms with Crippen LogP contribution in [0.4, 0.5) is 4.79 Å². The van der Waals surface area contributed by atoms with Crippen LogP contribution in [0.3, 0.4) is 0 Å². The third kappa shape index (κ3) is 4.34. The minimum absolute atomic E-state index is 0.0134. The average molecular weight is 384 g/mol. The van der Waals surface area contributed by atoms with Crippen LogP contribution in [0.15, 0.2) is 36.9 Å². The molecule has 2 aromatic rings. The average Bonchev–Trinajstić information content (AvgIpc) is 3.29. The second kappa shape index (κ2) is 8.70. The highest BCUT2D eigenvalue weighted by Crippen LogP contribution is 2.18. The molecule has 0 aliphatic carbocycles. The van der Waals surface area contributed by atoms with Crippen LogP contribution in [0.2, 0.25) is 0 Å². The van der Waals surface area contributed by atoms with E-state index in [0.29, 0.717) is 6.04 Å². The lowest BCUT2D eigenvalue weighted by atomic mass is 10.1. The van der Waals surface area contributed by atoms with Crippen LogP contribution in [0.5, 0.6) is 0 Å². The zero-order valence-corrected chi connectivity index (χ0v) is 16.3. The number of urea groups is 1. The van der Waals surface area contributed by atoms with E-state index in [-0.39, 0.29) is 12.1 Å². The van der Waals surface area contributed by atoms with Crippen LogP contribution in [0.1, 0.15) is 31.4 Å². The predicted octanol–water partition coefficient (Wildman–Crippen LogP) is 1.83. The lowest BCUT2D eigenvalue weighted by molar-refractivity contribution is 0.0186. The first-order valence-electron chi connectivity index (χ1n) is 10.0. The second-order valence-electron chi connectivity index (χ2n) is 7.47. The van der Waals surface area contributed by atoms with Crippen molar-refractivity contribution in [2.75, 3.05) is 39.4 Å². The molecule has 28 heavy (non-hydrogen) atoms. The molecule has 1 aromatic heterocycles. The molecule has 1 aromatic carbocycles. The first-order chi connectivity index (χ1) is 13.7. The molecule has 0 saturated carbocycles. The number of benzene rings is 1. The van der Waals surface area contributed by atoms with Crippen LogP contribution < -0.4 is 5.32 Å². The molecule has 150 valence electrons. The van der Waals surface area contributed by atoms with Crippen molar-refractivity contribution in [3.8, 4) is 5.69 Å². The Kier molecular flexibility index (Phi) is 5.87. The molecular weight excluding hydrogens is 356 g/mol. The number of hydrogen-bond donors (Lipinski definition) is 1. The zero-order chi connectivity index (χ0) is 19.3. The number of nitrogens with zero attached hydrogens (tertiary/aromatic N) is 5. The molecule has 4 rings (SSSR count). The van der Waals surface area contributed by atoms with Gasteiger partial charge in [0.1, 0.15) is 12.7 Å². The third-order valence-electron chi connectivity index (χ3n) is 5.73. The fourth-order valence-corrected chi connectivity index (χ4v) is 3.96. The van der Waals surface area contributed by atoms with E-state index < -0.39 is 0 Å². The molecule has 2 amide bonds. The maximum Gasteiger partial charge on any atom is 0.317 e. The summed E-state index contributed by atoms with van der Waals surface area (Å²) >= 11 is 0. The normalized spacial score (nSPS) is 20.1. The van der Waals surface area contributed by atoms with Gasteiger partial charge >= 0.3 is 6.03 Å².